The van der Waals surface area contributed by atoms with E-state index in [9.17, 15) is 14.7 Å². The molecule has 2 N–H and O–H groups in total. The normalized spacial score (nSPS) is 17.9. The smallest absolute Gasteiger partial charge is 0.310 e. The minimum atomic E-state index is -0.909. The fraction of sp³-hybridized carbons (Fsp3) is 0.867. The number of aliphatic carboxylic acids is 1. The molecule has 5 nitrogen and oxygen atoms in total. The van der Waals surface area contributed by atoms with Crippen molar-refractivity contribution >= 4 is 11.9 Å². The Kier molecular flexibility index (Phi) is 6.46. The van der Waals surface area contributed by atoms with E-state index in [0.29, 0.717) is 12.8 Å². The van der Waals surface area contributed by atoms with Crippen LogP contribution in [0.2, 0.25) is 0 Å². The first-order valence-electron chi connectivity index (χ1n) is 7.72. The largest absolute Gasteiger partial charge is 0.481 e. The lowest BCUT2D eigenvalue weighted by Crippen LogP contribution is -2.46. The average Bonchev–Trinajstić information content (AvgIpc) is 2.45. The molecule has 0 atom stereocenters. The van der Waals surface area contributed by atoms with Gasteiger partial charge in [-0.1, -0.05) is 20.8 Å². The Bertz CT molecular complexity index is 332. The molecule has 0 saturated carbocycles. The quantitative estimate of drug-likeness (QED) is 0.749. The van der Waals surface area contributed by atoms with Crippen LogP contribution in [-0.2, 0) is 9.59 Å². The zero-order chi connectivity index (χ0) is 15.2. The lowest BCUT2D eigenvalue weighted by atomic mass is 9.79. The zero-order valence-electron chi connectivity index (χ0n) is 12.9. The summed E-state index contributed by atoms with van der Waals surface area (Å²) in [6, 6.07) is 0.200. The number of carbonyl (C=O) groups excluding carboxylic acids is 1. The lowest BCUT2D eigenvalue weighted by Gasteiger charge is -2.32. The van der Waals surface area contributed by atoms with Gasteiger partial charge in [-0.3, -0.25) is 9.59 Å². The third-order valence-electron chi connectivity index (χ3n) is 4.71. The number of carbonyl (C=O) groups is 2. The second-order valence-corrected chi connectivity index (χ2v) is 5.75. The molecule has 1 aliphatic heterocycles. The molecule has 1 rings (SSSR count). The van der Waals surface area contributed by atoms with Crippen LogP contribution in [0.1, 0.15) is 52.9 Å². The third kappa shape index (κ3) is 4.20. The molecule has 1 saturated heterocycles. The van der Waals surface area contributed by atoms with E-state index < -0.39 is 11.4 Å². The van der Waals surface area contributed by atoms with E-state index in [2.05, 4.69) is 17.1 Å². The highest BCUT2D eigenvalue weighted by Gasteiger charge is 2.37. The lowest BCUT2D eigenvalue weighted by molar-refractivity contribution is -0.152. The molecule has 0 radical (unpaired) electrons. The Labute approximate surface area is 121 Å². The Morgan fingerprint density at radius 2 is 1.75 bits per heavy atom. The SMILES string of the molecule is CCN1CCC(NC(=O)CC(CC)(CC)C(=O)O)CC1. The second-order valence-electron chi connectivity index (χ2n) is 5.75. The highest BCUT2D eigenvalue weighted by atomic mass is 16.4. The van der Waals surface area contributed by atoms with Gasteiger partial charge in [0.1, 0.15) is 0 Å². The van der Waals surface area contributed by atoms with Crippen LogP contribution in [0.3, 0.4) is 0 Å². The van der Waals surface area contributed by atoms with Crippen molar-refractivity contribution in [2.75, 3.05) is 19.6 Å². The summed E-state index contributed by atoms with van der Waals surface area (Å²) < 4.78 is 0. The van der Waals surface area contributed by atoms with Gasteiger partial charge in [0, 0.05) is 25.6 Å². The molecular weight excluding hydrogens is 256 g/mol. The summed E-state index contributed by atoms with van der Waals surface area (Å²) in [5, 5.41) is 12.4. The van der Waals surface area contributed by atoms with Gasteiger partial charge in [-0.25, -0.2) is 0 Å². The molecule has 1 fully saturated rings. The van der Waals surface area contributed by atoms with Crippen LogP contribution in [0.25, 0.3) is 0 Å². The molecule has 0 bridgehead atoms. The van der Waals surface area contributed by atoms with Crippen molar-refractivity contribution in [2.24, 2.45) is 5.41 Å². The standard InChI is InChI=1S/C15H28N2O3/c1-4-15(5-2,14(19)20)11-13(18)16-12-7-9-17(6-3)10-8-12/h12H,4-11H2,1-3H3,(H,16,18)(H,19,20). The van der Waals surface area contributed by atoms with Crippen LogP contribution in [-0.4, -0.2) is 47.6 Å². The van der Waals surface area contributed by atoms with Gasteiger partial charge in [0.05, 0.1) is 5.41 Å². The number of rotatable bonds is 7. The van der Waals surface area contributed by atoms with Gasteiger partial charge < -0.3 is 15.3 Å². The number of carboxylic acid groups (broad SMARTS) is 1. The average molecular weight is 284 g/mol. The maximum atomic E-state index is 12.1. The molecule has 1 heterocycles. The zero-order valence-corrected chi connectivity index (χ0v) is 12.9. The third-order valence-corrected chi connectivity index (χ3v) is 4.71. The molecule has 1 amide bonds. The molecule has 0 spiro atoms. The van der Waals surface area contributed by atoms with Crippen molar-refractivity contribution in [2.45, 2.75) is 58.9 Å². The number of hydrogen-bond donors (Lipinski definition) is 2. The molecule has 5 heteroatoms. The summed E-state index contributed by atoms with van der Waals surface area (Å²) in [7, 11) is 0. The van der Waals surface area contributed by atoms with Crippen LogP contribution < -0.4 is 5.32 Å². The Hall–Kier alpha value is -1.10. The molecule has 1 aliphatic rings. The van der Waals surface area contributed by atoms with E-state index in [1.54, 1.807) is 0 Å². The fourth-order valence-corrected chi connectivity index (χ4v) is 2.86. The van der Waals surface area contributed by atoms with E-state index in [-0.39, 0.29) is 18.4 Å². The van der Waals surface area contributed by atoms with Crippen LogP contribution >= 0.6 is 0 Å². The first-order valence-corrected chi connectivity index (χ1v) is 7.72. The van der Waals surface area contributed by atoms with Crippen molar-refractivity contribution in [3.05, 3.63) is 0 Å². The van der Waals surface area contributed by atoms with Crippen molar-refractivity contribution in [1.29, 1.82) is 0 Å². The van der Waals surface area contributed by atoms with E-state index in [4.69, 9.17) is 0 Å². The van der Waals surface area contributed by atoms with Crippen molar-refractivity contribution in [1.82, 2.24) is 10.2 Å². The van der Waals surface area contributed by atoms with Gasteiger partial charge in [0.15, 0.2) is 0 Å². The summed E-state index contributed by atoms with van der Waals surface area (Å²) in [6.45, 7) is 8.88. The first kappa shape index (κ1) is 17.0. The predicted molar refractivity (Wildman–Crippen MR) is 78.5 cm³/mol. The summed E-state index contributed by atoms with van der Waals surface area (Å²) in [6.07, 6.45) is 2.97. The van der Waals surface area contributed by atoms with Gasteiger partial charge in [-0.15, -0.1) is 0 Å². The van der Waals surface area contributed by atoms with Crippen molar-refractivity contribution in [3.8, 4) is 0 Å². The van der Waals surface area contributed by atoms with Crippen molar-refractivity contribution < 1.29 is 14.7 Å². The number of likely N-dealkylation sites (tertiary alicyclic amines) is 1. The van der Waals surface area contributed by atoms with Crippen molar-refractivity contribution in [3.63, 3.8) is 0 Å². The Morgan fingerprint density at radius 1 is 1.20 bits per heavy atom. The first-order chi connectivity index (χ1) is 9.47. The number of nitrogens with zero attached hydrogens (tertiary/aromatic N) is 1. The van der Waals surface area contributed by atoms with E-state index >= 15 is 0 Å². The fourth-order valence-electron chi connectivity index (χ4n) is 2.86. The van der Waals surface area contributed by atoms with E-state index in [1.807, 2.05) is 13.8 Å². The number of amides is 1. The molecule has 0 aromatic carbocycles. The molecule has 0 aromatic rings. The van der Waals surface area contributed by atoms with Gasteiger partial charge in [-0.05, 0) is 32.2 Å². The number of nitrogens with one attached hydrogen (secondary N) is 1. The Morgan fingerprint density at radius 3 is 2.15 bits per heavy atom. The monoisotopic (exact) mass is 284 g/mol. The highest BCUT2D eigenvalue weighted by Crippen LogP contribution is 2.31. The molecule has 20 heavy (non-hydrogen) atoms. The van der Waals surface area contributed by atoms with Crippen LogP contribution in [0.5, 0.6) is 0 Å². The molecular formula is C15H28N2O3. The summed E-state index contributed by atoms with van der Waals surface area (Å²) in [5.41, 5.74) is -0.909. The predicted octanol–water partition coefficient (Wildman–Crippen LogP) is 1.87. The minimum Gasteiger partial charge on any atom is -0.481 e. The number of piperidine rings is 1. The Balaban J connectivity index is 2.49. The molecule has 0 aliphatic carbocycles. The van der Waals surface area contributed by atoms with Crippen LogP contribution in [0.4, 0.5) is 0 Å². The maximum absolute atomic E-state index is 12.1. The van der Waals surface area contributed by atoms with Gasteiger partial charge in [-0.2, -0.15) is 0 Å². The second kappa shape index (κ2) is 7.62. The highest BCUT2D eigenvalue weighted by molar-refractivity contribution is 5.85. The maximum Gasteiger partial charge on any atom is 0.310 e. The van der Waals surface area contributed by atoms with Crippen LogP contribution in [0, 0.1) is 5.41 Å². The van der Waals surface area contributed by atoms with E-state index in [1.165, 1.54) is 0 Å². The molecule has 0 aromatic heterocycles. The van der Waals surface area contributed by atoms with Gasteiger partial charge in [0.2, 0.25) is 5.91 Å². The number of carboxylic acids is 1. The molecule has 116 valence electrons. The van der Waals surface area contributed by atoms with E-state index in [0.717, 1.165) is 32.5 Å². The minimum absolute atomic E-state index is 0.0866. The van der Waals surface area contributed by atoms with Gasteiger partial charge >= 0.3 is 5.97 Å². The summed E-state index contributed by atoms with van der Waals surface area (Å²) in [5.74, 6) is -0.982. The number of hydrogen-bond acceptors (Lipinski definition) is 3. The summed E-state index contributed by atoms with van der Waals surface area (Å²) >= 11 is 0. The molecule has 0 unspecified atom stereocenters. The van der Waals surface area contributed by atoms with Crippen LogP contribution in [0.15, 0.2) is 0 Å². The van der Waals surface area contributed by atoms with Gasteiger partial charge in [0.25, 0.3) is 0 Å². The topological polar surface area (TPSA) is 69.6 Å². The summed E-state index contributed by atoms with van der Waals surface area (Å²) in [4.78, 5) is 25.9.